The summed E-state index contributed by atoms with van der Waals surface area (Å²) in [6.45, 7) is 6.98. The molecule has 2 aliphatic rings. The van der Waals surface area contributed by atoms with E-state index in [2.05, 4.69) is 28.2 Å². The molecule has 2 aliphatic heterocycles. The number of carbonyl (C=O) groups excluding carboxylic acids is 1. The van der Waals surface area contributed by atoms with Gasteiger partial charge in [-0.1, -0.05) is 12.1 Å². The van der Waals surface area contributed by atoms with Crippen molar-refractivity contribution >= 4 is 23.1 Å². The fraction of sp³-hybridized carbons (Fsp3) is 0.387. The zero-order chi connectivity index (χ0) is 28.2. The van der Waals surface area contributed by atoms with Gasteiger partial charge in [-0.15, -0.1) is 0 Å². The van der Waals surface area contributed by atoms with Crippen molar-refractivity contribution in [2.45, 2.75) is 38.8 Å². The number of pyridine rings is 1. The molecule has 3 aromatic rings. The first-order chi connectivity index (χ1) is 19.4. The van der Waals surface area contributed by atoms with Gasteiger partial charge in [-0.05, 0) is 74.2 Å². The largest absolute Gasteiger partial charge is 0.394 e. The molecule has 8 nitrogen and oxygen atoms in total. The fourth-order valence-corrected chi connectivity index (χ4v) is 5.68. The number of nitrogens with zero attached hydrogens (tertiary/aromatic N) is 5. The van der Waals surface area contributed by atoms with Gasteiger partial charge in [-0.3, -0.25) is 4.79 Å². The number of nitriles is 1. The molecule has 0 unspecified atom stereocenters. The zero-order valence-electron chi connectivity index (χ0n) is 23.0. The third-order valence-electron chi connectivity index (χ3n) is 8.12. The van der Waals surface area contributed by atoms with E-state index in [1.54, 1.807) is 11.0 Å². The lowest BCUT2D eigenvalue weighted by Gasteiger charge is -2.41. The van der Waals surface area contributed by atoms with Gasteiger partial charge in [0.15, 0.2) is 0 Å². The minimum atomic E-state index is -0.410. The molecule has 2 N–H and O–H groups in total. The molecular formula is C31H35FN6O2. The van der Waals surface area contributed by atoms with Crippen molar-refractivity contribution in [3.05, 3.63) is 82.8 Å². The molecule has 5 rings (SSSR count). The molecule has 2 saturated heterocycles. The van der Waals surface area contributed by atoms with Crippen molar-refractivity contribution in [1.82, 2.24) is 9.88 Å². The highest BCUT2D eigenvalue weighted by molar-refractivity contribution is 5.96. The molecule has 2 fully saturated rings. The Kier molecular flexibility index (Phi) is 8.17. The molecule has 1 aromatic heterocycles. The minimum absolute atomic E-state index is 0.0701. The number of hydrogen-bond acceptors (Lipinski definition) is 7. The van der Waals surface area contributed by atoms with Gasteiger partial charge in [0.25, 0.3) is 5.91 Å². The van der Waals surface area contributed by atoms with E-state index in [0.717, 1.165) is 48.4 Å². The quantitative estimate of drug-likeness (QED) is 0.484. The molecule has 0 saturated carbocycles. The van der Waals surface area contributed by atoms with Crippen LogP contribution in [0.2, 0.25) is 0 Å². The number of piperidine rings is 1. The van der Waals surface area contributed by atoms with Gasteiger partial charge >= 0.3 is 0 Å². The predicted molar refractivity (Wildman–Crippen MR) is 154 cm³/mol. The molecule has 3 heterocycles. The van der Waals surface area contributed by atoms with E-state index in [1.807, 2.05) is 48.2 Å². The van der Waals surface area contributed by atoms with E-state index < -0.39 is 5.82 Å². The molecule has 0 bridgehead atoms. The summed E-state index contributed by atoms with van der Waals surface area (Å²) in [7, 11) is 0. The van der Waals surface area contributed by atoms with Crippen molar-refractivity contribution in [1.29, 1.82) is 5.26 Å². The number of rotatable bonds is 6. The SMILES string of the molecule is Cc1cc(C(=O)N2CCN(c3ccc(F)cn3)[C@H](CO)C2)cc(NC2CCN(c3ccccc3C#N)CC2)c1C. The lowest BCUT2D eigenvalue weighted by atomic mass is 9.99. The van der Waals surface area contributed by atoms with Crippen LogP contribution in [-0.2, 0) is 0 Å². The average molecular weight is 543 g/mol. The molecule has 0 aliphatic carbocycles. The van der Waals surface area contributed by atoms with Crippen LogP contribution in [0.4, 0.5) is 21.6 Å². The number of hydrogen-bond donors (Lipinski definition) is 2. The van der Waals surface area contributed by atoms with Gasteiger partial charge in [-0.25, -0.2) is 9.37 Å². The number of piperazine rings is 1. The highest BCUT2D eigenvalue weighted by Crippen LogP contribution is 2.28. The highest BCUT2D eigenvalue weighted by Gasteiger charge is 2.31. The Morgan fingerprint density at radius 3 is 2.60 bits per heavy atom. The van der Waals surface area contributed by atoms with E-state index in [1.165, 1.54) is 12.3 Å². The summed E-state index contributed by atoms with van der Waals surface area (Å²) in [6.07, 6.45) is 3.02. The number of aromatic nitrogens is 1. The molecule has 9 heteroatoms. The maximum atomic E-state index is 13.6. The Bertz CT molecular complexity index is 1400. The first-order valence-electron chi connectivity index (χ1n) is 13.8. The Balaban J connectivity index is 1.25. The second-order valence-corrected chi connectivity index (χ2v) is 10.6. The number of benzene rings is 2. The smallest absolute Gasteiger partial charge is 0.254 e. The van der Waals surface area contributed by atoms with Crippen molar-refractivity contribution in [2.75, 3.05) is 54.4 Å². The van der Waals surface area contributed by atoms with E-state index in [-0.39, 0.29) is 24.6 Å². The summed E-state index contributed by atoms with van der Waals surface area (Å²) in [5, 5.41) is 23.2. The molecule has 1 amide bonds. The minimum Gasteiger partial charge on any atom is -0.394 e. The lowest BCUT2D eigenvalue weighted by Crippen LogP contribution is -2.56. The average Bonchev–Trinajstić information content (AvgIpc) is 2.99. The van der Waals surface area contributed by atoms with Crippen LogP contribution in [0.25, 0.3) is 0 Å². The van der Waals surface area contributed by atoms with Crippen molar-refractivity contribution in [3.8, 4) is 6.07 Å². The van der Waals surface area contributed by atoms with Gasteiger partial charge in [-0.2, -0.15) is 5.26 Å². The first kappa shape index (κ1) is 27.4. The summed E-state index contributed by atoms with van der Waals surface area (Å²) in [4.78, 5) is 23.8. The van der Waals surface area contributed by atoms with Crippen LogP contribution < -0.4 is 15.1 Å². The molecule has 40 heavy (non-hydrogen) atoms. The maximum absolute atomic E-state index is 13.6. The summed E-state index contributed by atoms with van der Waals surface area (Å²) in [5.41, 5.74) is 5.43. The van der Waals surface area contributed by atoms with Crippen molar-refractivity contribution in [2.24, 2.45) is 0 Å². The zero-order valence-corrected chi connectivity index (χ0v) is 23.0. The number of halogens is 1. The first-order valence-corrected chi connectivity index (χ1v) is 13.8. The second kappa shape index (κ2) is 11.9. The van der Waals surface area contributed by atoms with Gasteiger partial charge < -0.3 is 25.1 Å². The number of nitrogens with one attached hydrogen (secondary N) is 1. The predicted octanol–water partition coefficient (Wildman–Crippen LogP) is 4.11. The molecule has 0 spiro atoms. The Morgan fingerprint density at radius 2 is 1.90 bits per heavy atom. The van der Waals surface area contributed by atoms with Gasteiger partial charge in [0.1, 0.15) is 17.7 Å². The van der Waals surface area contributed by atoms with Gasteiger partial charge in [0.2, 0.25) is 0 Å². The summed E-state index contributed by atoms with van der Waals surface area (Å²) < 4.78 is 13.3. The number of amides is 1. The van der Waals surface area contributed by atoms with Crippen LogP contribution in [0, 0.1) is 31.0 Å². The summed E-state index contributed by atoms with van der Waals surface area (Å²) >= 11 is 0. The second-order valence-electron chi connectivity index (χ2n) is 10.6. The normalized spacial score (nSPS) is 18.0. The topological polar surface area (TPSA) is 95.7 Å². The number of aliphatic hydroxyl groups is 1. The van der Waals surface area contributed by atoms with Gasteiger partial charge in [0.05, 0.1) is 30.1 Å². The summed E-state index contributed by atoms with van der Waals surface area (Å²) in [6, 6.07) is 16.8. The third kappa shape index (κ3) is 5.73. The number of aryl methyl sites for hydroxylation is 1. The maximum Gasteiger partial charge on any atom is 0.254 e. The Labute approximate surface area is 234 Å². The standard InChI is InChI=1S/C31H35FN6O2/c1-21-15-24(31(40)37-13-14-38(27(19-37)20-39)30-8-7-25(32)18-34-30)16-28(22(21)2)35-26-9-11-36(12-10-26)29-6-4-3-5-23(29)17-33/h3-8,15-16,18,26-27,35,39H,9-14,19-20H2,1-2H3/t27-/m0/s1. The summed E-state index contributed by atoms with van der Waals surface area (Å²) in [5.74, 6) is 0.110. The lowest BCUT2D eigenvalue weighted by molar-refractivity contribution is 0.0698. The number of para-hydroxylation sites is 1. The van der Waals surface area contributed by atoms with Crippen LogP contribution >= 0.6 is 0 Å². The van der Waals surface area contributed by atoms with Crippen LogP contribution in [0.1, 0.15) is 39.9 Å². The van der Waals surface area contributed by atoms with Crippen LogP contribution in [-0.4, -0.2) is 72.3 Å². The van der Waals surface area contributed by atoms with E-state index >= 15 is 0 Å². The monoisotopic (exact) mass is 542 g/mol. The Morgan fingerprint density at radius 1 is 1.12 bits per heavy atom. The Hall–Kier alpha value is -4.16. The number of anilines is 3. The van der Waals surface area contributed by atoms with Crippen LogP contribution in [0.3, 0.4) is 0 Å². The van der Waals surface area contributed by atoms with Crippen LogP contribution in [0.5, 0.6) is 0 Å². The highest BCUT2D eigenvalue weighted by atomic mass is 19.1. The van der Waals surface area contributed by atoms with E-state index in [9.17, 15) is 19.6 Å². The van der Waals surface area contributed by atoms with Crippen LogP contribution in [0.15, 0.2) is 54.7 Å². The van der Waals surface area contributed by atoms with E-state index in [0.29, 0.717) is 36.6 Å². The number of aliphatic hydroxyl groups excluding tert-OH is 1. The number of carbonyl (C=O) groups is 1. The van der Waals surface area contributed by atoms with Crippen molar-refractivity contribution < 1.29 is 14.3 Å². The fourth-order valence-electron chi connectivity index (χ4n) is 5.68. The molecule has 2 aromatic carbocycles. The third-order valence-corrected chi connectivity index (χ3v) is 8.12. The molecule has 1 atom stereocenters. The molecular weight excluding hydrogens is 507 g/mol. The molecule has 208 valence electrons. The van der Waals surface area contributed by atoms with E-state index in [4.69, 9.17) is 0 Å². The molecule has 0 radical (unpaired) electrons. The van der Waals surface area contributed by atoms with Crippen molar-refractivity contribution in [3.63, 3.8) is 0 Å². The van der Waals surface area contributed by atoms with Gasteiger partial charge in [0, 0.05) is 50.0 Å².